The SMILES string of the molecule is CC1C2CNCC2CN1C(=O)c1ccc(=O)oc1. The van der Waals surface area contributed by atoms with Crippen LogP contribution < -0.4 is 10.9 Å². The van der Waals surface area contributed by atoms with E-state index in [0.29, 0.717) is 17.4 Å². The Morgan fingerprint density at radius 3 is 2.94 bits per heavy atom. The van der Waals surface area contributed by atoms with E-state index in [4.69, 9.17) is 4.42 Å². The largest absolute Gasteiger partial charge is 0.430 e. The summed E-state index contributed by atoms with van der Waals surface area (Å²) in [5.41, 5.74) is 0.0245. The van der Waals surface area contributed by atoms with Crippen LogP contribution in [0.1, 0.15) is 17.3 Å². The maximum atomic E-state index is 12.3. The van der Waals surface area contributed by atoms with Crippen molar-refractivity contribution in [2.75, 3.05) is 19.6 Å². The van der Waals surface area contributed by atoms with Gasteiger partial charge in [0.05, 0.1) is 5.56 Å². The van der Waals surface area contributed by atoms with E-state index < -0.39 is 5.63 Å². The number of likely N-dealkylation sites (tertiary alicyclic amines) is 1. The van der Waals surface area contributed by atoms with Crippen molar-refractivity contribution in [1.82, 2.24) is 10.2 Å². The molecule has 0 radical (unpaired) electrons. The molecular formula is C13H16N2O3. The Morgan fingerprint density at radius 1 is 1.44 bits per heavy atom. The third kappa shape index (κ3) is 1.75. The molecule has 3 rings (SSSR count). The highest BCUT2D eigenvalue weighted by Gasteiger charge is 2.43. The lowest BCUT2D eigenvalue weighted by molar-refractivity contribution is 0.0725. The van der Waals surface area contributed by atoms with Crippen LogP contribution in [-0.2, 0) is 0 Å². The molecule has 0 aliphatic carbocycles. The van der Waals surface area contributed by atoms with Gasteiger partial charge in [-0.05, 0) is 24.8 Å². The standard InChI is InChI=1S/C13H16N2O3/c1-8-11-5-14-4-10(11)6-15(8)13(17)9-2-3-12(16)18-7-9/h2-3,7-8,10-11,14H,4-6H2,1H3. The van der Waals surface area contributed by atoms with Crippen LogP contribution in [0.2, 0.25) is 0 Å². The molecule has 5 nitrogen and oxygen atoms in total. The first kappa shape index (κ1) is 11.5. The maximum Gasteiger partial charge on any atom is 0.335 e. The first-order valence-corrected chi connectivity index (χ1v) is 6.27. The lowest BCUT2D eigenvalue weighted by Gasteiger charge is -2.24. The average Bonchev–Trinajstić information content (AvgIpc) is 2.93. The third-order valence-electron chi connectivity index (χ3n) is 4.14. The molecule has 3 atom stereocenters. The van der Waals surface area contributed by atoms with Gasteiger partial charge < -0.3 is 14.6 Å². The molecule has 1 aromatic heterocycles. The Balaban J connectivity index is 1.81. The van der Waals surface area contributed by atoms with Crippen molar-refractivity contribution in [3.8, 4) is 0 Å². The molecule has 5 heteroatoms. The van der Waals surface area contributed by atoms with Crippen LogP contribution in [0.5, 0.6) is 0 Å². The summed E-state index contributed by atoms with van der Waals surface area (Å²) in [4.78, 5) is 25.1. The molecule has 1 amide bonds. The van der Waals surface area contributed by atoms with E-state index in [0.717, 1.165) is 19.6 Å². The van der Waals surface area contributed by atoms with Gasteiger partial charge in [-0.3, -0.25) is 4.79 Å². The molecule has 2 aliphatic heterocycles. The summed E-state index contributed by atoms with van der Waals surface area (Å²) in [6.45, 7) is 4.85. The smallest absolute Gasteiger partial charge is 0.335 e. The molecule has 0 spiro atoms. The van der Waals surface area contributed by atoms with Crippen molar-refractivity contribution in [3.63, 3.8) is 0 Å². The highest BCUT2D eigenvalue weighted by Crippen LogP contribution is 2.33. The van der Waals surface area contributed by atoms with Gasteiger partial charge in [0.25, 0.3) is 5.91 Å². The minimum Gasteiger partial charge on any atom is -0.430 e. The van der Waals surface area contributed by atoms with E-state index >= 15 is 0 Å². The van der Waals surface area contributed by atoms with Crippen molar-refractivity contribution in [3.05, 3.63) is 34.4 Å². The van der Waals surface area contributed by atoms with Gasteiger partial charge in [-0.15, -0.1) is 0 Å². The van der Waals surface area contributed by atoms with Crippen molar-refractivity contribution in [2.45, 2.75) is 13.0 Å². The number of carbonyl (C=O) groups excluding carboxylic acids is 1. The van der Waals surface area contributed by atoms with E-state index in [9.17, 15) is 9.59 Å². The molecular weight excluding hydrogens is 232 g/mol. The van der Waals surface area contributed by atoms with Crippen LogP contribution in [0.4, 0.5) is 0 Å². The van der Waals surface area contributed by atoms with Gasteiger partial charge in [0.15, 0.2) is 0 Å². The monoisotopic (exact) mass is 248 g/mol. The molecule has 2 fully saturated rings. The Kier molecular flexibility index (Phi) is 2.70. The van der Waals surface area contributed by atoms with Crippen molar-refractivity contribution < 1.29 is 9.21 Å². The van der Waals surface area contributed by atoms with Crippen molar-refractivity contribution >= 4 is 5.91 Å². The van der Waals surface area contributed by atoms with Crippen LogP contribution in [0, 0.1) is 11.8 Å². The van der Waals surface area contributed by atoms with Gasteiger partial charge >= 0.3 is 5.63 Å². The predicted octanol–water partition coefficient (Wildman–Crippen LogP) is 0.320. The van der Waals surface area contributed by atoms with Crippen LogP contribution in [0.25, 0.3) is 0 Å². The van der Waals surface area contributed by atoms with Crippen LogP contribution in [-0.4, -0.2) is 36.5 Å². The summed E-state index contributed by atoms with van der Waals surface area (Å²) in [5.74, 6) is 1.06. The number of nitrogens with one attached hydrogen (secondary N) is 1. The molecule has 1 N–H and O–H groups in total. The molecule has 0 bridgehead atoms. The summed E-state index contributed by atoms with van der Waals surface area (Å²) in [6.07, 6.45) is 1.25. The molecule has 96 valence electrons. The normalized spacial score (nSPS) is 30.5. The molecule has 3 unspecified atom stereocenters. The van der Waals surface area contributed by atoms with Gasteiger partial charge in [-0.1, -0.05) is 0 Å². The van der Waals surface area contributed by atoms with E-state index in [1.165, 1.54) is 18.4 Å². The van der Waals surface area contributed by atoms with E-state index in [-0.39, 0.29) is 11.9 Å². The molecule has 2 aliphatic rings. The summed E-state index contributed by atoms with van der Waals surface area (Å²) in [5, 5.41) is 3.36. The average molecular weight is 248 g/mol. The zero-order valence-electron chi connectivity index (χ0n) is 10.3. The van der Waals surface area contributed by atoms with Crippen molar-refractivity contribution in [2.24, 2.45) is 11.8 Å². The number of hydrogen-bond donors (Lipinski definition) is 1. The van der Waals surface area contributed by atoms with Gasteiger partial charge in [0.1, 0.15) is 6.26 Å². The third-order valence-corrected chi connectivity index (χ3v) is 4.14. The second kappa shape index (κ2) is 4.24. The predicted molar refractivity (Wildman–Crippen MR) is 65.3 cm³/mol. The van der Waals surface area contributed by atoms with Gasteiger partial charge in [-0.2, -0.15) is 0 Å². The molecule has 0 aromatic carbocycles. The van der Waals surface area contributed by atoms with E-state index in [1.54, 1.807) is 0 Å². The topological polar surface area (TPSA) is 62.6 Å². The van der Waals surface area contributed by atoms with E-state index in [2.05, 4.69) is 12.2 Å². The van der Waals surface area contributed by atoms with E-state index in [1.807, 2.05) is 4.90 Å². The lowest BCUT2D eigenvalue weighted by atomic mass is 9.95. The zero-order valence-corrected chi connectivity index (χ0v) is 10.3. The maximum absolute atomic E-state index is 12.3. The Hall–Kier alpha value is -1.62. The molecule has 18 heavy (non-hydrogen) atoms. The number of rotatable bonds is 1. The Labute approximate surface area is 105 Å². The van der Waals surface area contributed by atoms with Crippen LogP contribution in [0.3, 0.4) is 0 Å². The second-order valence-corrected chi connectivity index (χ2v) is 5.12. The second-order valence-electron chi connectivity index (χ2n) is 5.12. The summed E-state index contributed by atoms with van der Waals surface area (Å²) < 4.78 is 4.75. The number of carbonyl (C=O) groups is 1. The number of fused-ring (bicyclic) bond motifs is 1. The molecule has 2 saturated heterocycles. The fourth-order valence-electron chi connectivity index (χ4n) is 3.08. The van der Waals surface area contributed by atoms with Gasteiger partial charge in [-0.25, -0.2) is 4.79 Å². The fraction of sp³-hybridized carbons (Fsp3) is 0.538. The summed E-state index contributed by atoms with van der Waals surface area (Å²) >= 11 is 0. The highest BCUT2D eigenvalue weighted by atomic mass is 16.4. The minimum absolute atomic E-state index is 0.0411. The van der Waals surface area contributed by atoms with Crippen LogP contribution in [0.15, 0.2) is 27.6 Å². The number of nitrogens with zero attached hydrogens (tertiary/aromatic N) is 1. The van der Waals surface area contributed by atoms with Crippen LogP contribution >= 0.6 is 0 Å². The first-order chi connectivity index (χ1) is 8.66. The number of hydrogen-bond acceptors (Lipinski definition) is 4. The molecule has 3 heterocycles. The summed E-state index contributed by atoms with van der Waals surface area (Å²) in [6, 6.07) is 3.06. The Morgan fingerprint density at radius 2 is 2.28 bits per heavy atom. The fourth-order valence-corrected chi connectivity index (χ4v) is 3.08. The Bertz CT molecular complexity index is 505. The molecule has 0 saturated carbocycles. The lowest BCUT2D eigenvalue weighted by Crippen LogP contribution is -2.38. The number of amides is 1. The first-order valence-electron chi connectivity index (χ1n) is 6.27. The summed E-state index contributed by atoms with van der Waals surface area (Å²) in [7, 11) is 0. The van der Waals surface area contributed by atoms with Gasteiger partial charge in [0, 0.05) is 31.7 Å². The minimum atomic E-state index is -0.429. The van der Waals surface area contributed by atoms with Gasteiger partial charge in [0.2, 0.25) is 0 Å². The highest BCUT2D eigenvalue weighted by molar-refractivity contribution is 5.94. The quantitative estimate of drug-likeness (QED) is 0.777. The molecule has 1 aromatic rings. The zero-order chi connectivity index (χ0) is 12.7. The van der Waals surface area contributed by atoms with Crippen molar-refractivity contribution in [1.29, 1.82) is 0 Å².